The van der Waals surface area contributed by atoms with Crippen LogP contribution in [0.15, 0.2) is 52.0 Å². The number of sulfonamides is 1. The maximum absolute atomic E-state index is 13.9. The molecule has 10 heteroatoms. The molecule has 0 unspecified atom stereocenters. The third-order valence-electron chi connectivity index (χ3n) is 4.32. The molecule has 0 spiro atoms. The highest BCUT2D eigenvalue weighted by molar-refractivity contribution is 7.98. The van der Waals surface area contributed by atoms with Crippen molar-refractivity contribution in [2.75, 3.05) is 32.6 Å². The second-order valence-electron chi connectivity index (χ2n) is 6.63. The maximum atomic E-state index is 13.9. The fourth-order valence-corrected chi connectivity index (χ4v) is 4.51. The molecule has 1 heterocycles. The van der Waals surface area contributed by atoms with Crippen LogP contribution in [0.1, 0.15) is 18.2 Å². The second kappa shape index (κ2) is 10.8. The Hall–Kier alpha value is -1.88. The Balaban J connectivity index is 2.12. The lowest BCUT2D eigenvalue weighted by molar-refractivity contribution is -0.123. The lowest BCUT2D eigenvalue weighted by Gasteiger charge is -2.24. The molecule has 29 heavy (non-hydrogen) atoms. The molecule has 2 atom stereocenters. The van der Waals surface area contributed by atoms with Gasteiger partial charge in [-0.25, -0.2) is 12.8 Å². The number of furan rings is 1. The van der Waals surface area contributed by atoms with Crippen molar-refractivity contribution in [1.82, 2.24) is 14.9 Å². The number of hydrogen-bond donors (Lipinski definition) is 2. The standard InChI is InChI=1S/C19H26FN3O4S2/c1-23(2)16(17-8-6-11-27-17)13-21-19(24)15(10-12-28-3)22-29(25,26)18-9-5-4-7-14(18)20/h4-9,11,15-16,22H,10,12-13H2,1-3H3,(H,21,24)/t15-,16-/m1/s1. The van der Waals surface area contributed by atoms with Crippen molar-refractivity contribution in [2.24, 2.45) is 0 Å². The molecule has 0 radical (unpaired) electrons. The molecule has 7 nitrogen and oxygen atoms in total. The predicted octanol–water partition coefficient (Wildman–Crippen LogP) is 2.24. The summed E-state index contributed by atoms with van der Waals surface area (Å²) in [5.41, 5.74) is 0. The summed E-state index contributed by atoms with van der Waals surface area (Å²) in [4.78, 5) is 14.2. The molecule has 1 aromatic heterocycles. The first-order valence-electron chi connectivity index (χ1n) is 8.99. The van der Waals surface area contributed by atoms with Crippen molar-refractivity contribution >= 4 is 27.7 Å². The van der Waals surface area contributed by atoms with Gasteiger partial charge in [-0.3, -0.25) is 9.69 Å². The van der Waals surface area contributed by atoms with Crippen LogP contribution in [0.2, 0.25) is 0 Å². The van der Waals surface area contributed by atoms with Gasteiger partial charge in [-0.2, -0.15) is 16.5 Å². The zero-order chi connectivity index (χ0) is 21.4. The second-order valence-corrected chi connectivity index (χ2v) is 9.29. The minimum Gasteiger partial charge on any atom is -0.468 e. The first kappa shape index (κ1) is 23.4. The number of nitrogens with zero attached hydrogens (tertiary/aromatic N) is 1. The molecule has 2 N–H and O–H groups in total. The van der Waals surface area contributed by atoms with Crippen molar-refractivity contribution in [1.29, 1.82) is 0 Å². The Bertz CT molecular complexity index is 889. The van der Waals surface area contributed by atoms with Crippen molar-refractivity contribution in [2.45, 2.75) is 23.4 Å². The largest absolute Gasteiger partial charge is 0.468 e. The minimum atomic E-state index is -4.19. The highest BCUT2D eigenvalue weighted by Crippen LogP contribution is 2.18. The van der Waals surface area contributed by atoms with E-state index in [1.54, 1.807) is 12.3 Å². The van der Waals surface area contributed by atoms with E-state index < -0.39 is 32.7 Å². The molecule has 0 saturated carbocycles. The van der Waals surface area contributed by atoms with Crippen LogP contribution >= 0.6 is 11.8 Å². The molecule has 0 aliphatic heterocycles. The van der Waals surface area contributed by atoms with E-state index in [9.17, 15) is 17.6 Å². The van der Waals surface area contributed by atoms with E-state index in [2.05, 4.69) is 10.0 Å². The van der Waals surface area contributed by atoms with Gasteiger partial charge >= 0.3 is 0 Å². The smallest absolute Gasteiger partial charge is 0.244 e. The first-order valence-corrected chi connectivity index (χ1v) is 11.9. The summed E-state index contributed by atoms with van der Waals surface area (Å²) in [5, 5.41) is 2.78. The molecule has 0 saturated heterocycles. The quantitative estimate of drug-likeness (QED) is 0.554. The predicted molar refractivity (Wildman–Crippen MR) is 112 cm³/mol. The van der Waals surface area contributed by atoms with Gasteiger partial charge in [0, 0.05) is 6.54 Å². The third kappa shape index (κ3) is 6.56. The van der Waals surface area contributed by atoms with Gasteiger partial charge in [0.2, 0.25) is 15.9 Å². The molecule has 0 aliphatic rings. The number of thioether (sulfide) groups is 1. The fraction of sp³-hybridized carbons (Fsp3) is 0.421. The molecule has 1 aromatic carbocycles. The van der Waals surface area contributed by atoms with E-state index >= 15 is 0 Å². The monoisotopic (exact) mass is 443 g/mol. The molecule has 160 valence electrons. The van der Waals surface area contributed by atoms with E-state index in [-0.39, 0.29) is 19.0 Å². The lowest BCUT2D eigenvalue weighted by Crippen LogP contribution is -2.48. The highest BCUT2D eigenvalue weighted by Gasteiger charge is 2.28. The molecular weight excluding hydrogens is 417 g/mol. The number of likely N-dealkylation sites (N-methyl/N-ethyl adjacent to an activating group) is 1. The zero-order valence-electron chi connectivity index (χ0n) is 16.6. The Morgan fingerprint density at radius 1 is 1.24 bits per heavy atom. The van der Waals surface area contributed by atoms with Gasteiger partial charge in [0.15, 0.2) is 0 Å². The van der Waals surface area contributed by atoms with Crippen molar-refractivity contribution in [3.05, 3.63) is 54.2 Å². The molecule has 0 bridgehead atoms. The van der Waals surface area contributed by atoms with Gasteiger partial charge < -0.3 is 9.73 Å². The van der Waals surface area contributed by atoms with E-state index in [0.717, 1.165) is 6.07 Å². The number of amides is 1. The van der Waals surface area contributed by atoms with E-state index in [4.69, 9.17) is 4.42 Å². The van der Waals surface area contributed by atoms with Gasteiger partial charge in [0.25, 0.3) is 0 Å². The summed E-state index contributed by atoms with van der Waals surface area (Å²) in [6.07, 6.45) is 3.69. The van der Waals surface area contributed by atoms with Gasteiger partial charge in [-0.05, 0) is 56.8 Å². The van der Waals surface area contributed by atoms with Crippen LogP contribution in [0.25, 0.3) is 0 Å². The van der Waals surface area contributed by atoms with Crippen molar-refractivity contribution in [3.8, 4) is 0 Å². The van der Waals surface area contributed by atoms with Crippen LogP contribution in [0, 0.1) is 5.82 Å². The number of halogens is 1. The van der Waals surface area contributed by atoms with E-state index in [1.807, 2.05) is 31.3 Å². The molecular formula is C19H26FN3O4S2. The van der Waals surface area contributed by atoms with Crippen molar-refractivity contribution in [3.63, 3.8) is 0 Å². The number of benzene rings is 1. The molecule has 0 aliphatic carbocycles. The third-order valence-corrected chi connectivity index (χ3v) is 6.46. The molecule has 2 aromatic rings. The molecule has 1 amide bonds. The summed E-state index contributed by atoms with van der Waals surface area (Å²) in [6.45, 7) is 0.233. The normalized spacial score (nSPS) is 14.0. The van der Waals surface area contributed by atoms with Crippen LogP contribution in [-0.4, -0.2) is 57.9 Å². The first-order chi connectivity index (χ1) is 13.8. The Kier molecular flexibility index (Phi) is 8.69. The minimum absolute atomic E-state index is 0.210. The number of nitrogens with one attached hydrogen (secondary N) is 2. The summed E-state index contributed by atoms with van der Waals surface area (Å²) in [7, 11) is -0.482. The summed E-state index contributed by atoms with van der Waals surface area (Å²) >= 11 is 1.49. The Labute approximate surface area is 175 Å². The Morgan fingerprint density at radius 2 is 1.97 bits per heavy atom. The summed E-state index contributed by atoms with van der Waals surface area (Å²) in [5.74, 6) is -0.0949. The lowest BCUT2D eigenvalue weighted by atomic mass is 10.2. The topological polar surface area (TPSA) is 91.6 Å². The fourth-order valence-electron chi connectivity index (χ4n) is 2.73. The van der Waals surface area contributed by atoms with Gasteiger partial charge in [0.05, 0.1) is 12.3 Å². The van der Waals surface area contributed by atoms with E-state index in [0.29, 0.717) is 11.5 Å². The number of carbonyl (C=O) groups is 1. The number of carbonyl (C=O) groups excluding carboxylic acids is 1. The van der Waals surface area contributed by atoms with Crippen LogP contribution in [0.3, 0.4) is 0 Å². The van der Waals surface area contributed by atoms with Crippen LogP contribution in [0.5, 0.6) is 0 Å². The van der Waals surface area contributed by atoms with Crippen LogP contribution < -0.4 is 10.0 Å². The van der Waals surface area contributed by atoms with E-state index in [1.165, 1.54) is 30.0 Å². The molecule has 0 fully saturated rings. The summed E-state index contributed by atoms with van der Waals surface area (Å²) in [6, 6.07) is 7.41. The zero-order valence-corrected chi connectivity index (χ0v) is 18.2. The van der Waals surface area contributed by atoms with Crippen LogP contribution in [0.4, 0.5) is 4.39 Å². The van der Waals surface area contributed by atoms with Gasteiger partial charge in [-0.1, -0.05) is 12.1 Å². The van der Waals surface area contributed by atoms with Gasteiger partial charge in [-0.15, -0.1) is 0 Å². The Morgan fingerprint density at radius 3 is 2.55 bits per heavy atom. The van der Waals surface area contributed by atoms with Gasteiger partial charge in [0.1, 0.15) is 22.5 Å². The summed E-state index contributed by atoms with van der Waals surface area (Å²) < 4.78 is 46.9. The maximum Gasteiger partial charge on any atom is 0.244 e. The SMILES string of the molecule is CSCC[C@@H](NS(=O)(=O)c1ccccc1F)C(=O)NC[C@H](c1ccco1)N(C)C. The van der Waals surface area contributed by atoms with Crippen molar-refractivity contribution < 1.29 is 22.0 Å². The number of rotatable bonds is 11. The number of hydrogen-bond acceptors (Lipinski definition) is 6. The highest BCUT2D eigenvalue weighted by atomic mass is 32.2. The average Bonchev–Trinajstić information content (AvgIpc) is 3.19. The van der Waals surface area contributed by atoms with Crippen LogP contribution in [-0.2, 0) is 14.8 Å². The average molecular weight is 444 g/mol. The molecule has 2 rings (SSSR count).